The van der Waals surface area contributed by atoms with E-state index in [9.17, 15) is 0 Å². The Labute approximate surface area is 96.6 Å². The molecule has 90 valence electrons. The zero-order chi connectivity index (χ0) is 11.8. The predicted octanol–water partition coefficient (Wildman–Crippen LogP) is 2.56. The van der Waals surface area contributed by atoms with Crippen molar-refractivity contribution in [3.8, 4) is 0 Å². The van der Waals surface area contributed by atoms with Crippen molar-refractivity contribution in [2.45, 2.75) is 57.9 Å². The van der Waals surface area contributed by atoms with Crippen LogP contribution in [0.1, 0.15) is 64.1 Å². The molecule has 2 rings (SSSR count). The molecule has 1 aromatic heterocycles. The average molecular weight is 223 g/mol. The SMILES string of the molecule is CC1CCC(c2noc(C(C)(C)N)n2)CC1. The van der Waals surface area contributed by atoms with E-state index in [1.54, 1.807) is 0 Å². The highest BCUT2D eigenvalue weighted by molar-refractivity contribution is 5.02. The summed E-state index contributed by atoms with van der Waals surface area (Å²) >= 11 is 0. The van der Waals surface area contributed by atoms with Gasteiger partial charge in [-0.15, -0.1) is 0 Å². The summed E-state index contributed by atoms with van der Waals surface area (Å²) < 4.78 is 5.22. The third-order valence-corrected chi connectivity index (χ3v) is 3.37. The molecule has 1 aromatic rings. The van der Waals surface area contributed by atoms with Crippen LogP contribution in [0.3, 0.4) is 0 Å². The zero-order valence-electron chi connectivity index (χ0n) is 10.4. The second-order valence-corrected chi connectivity index (χ2v) is 5.64. The summed E-state index contributed by atoms with van der Waals surface area (Å²) in [5.74, 6) is 2.70. The van der Waals surface area contributed by atoms with E-state index in [0.717, 1.165) is 11.7 Å². The molecule has 1 aliphatic rings. The van der Waals surface area contributed by atoms with Crippen LogP contribution in [0.5, 0.6) is 0 Å². The molecule has 0 radical (unpaired) electrons. The molecular formula is C12H21N3O. The van der Waals surface area contributed by atoms with Gasteiger partial charge in [-0.05, 0) is 32.6 Å². The Hall–Kier alpha value is -0.900. The van der Waals surface area contributed by atoms with E-state index in [1.807, 2.05) is 13.8 Å². The van der Waals surface area contributed by atoms with Gasteiger partial charge in [0.05, 0.1) is 5.54 Å². The lowest BCUT2D eigenvalue weighted by molar-refractivity contribution is 0.300. The maximum atomic E-state index is 5.93. The van der Waals surface area contributed by atoms with Crippen molar-refractivity contribution in [3.63, 3.8) is 0 Å². The molecule has 0 unspecified atom stereocenters. The Balaban J connectivity index is 2.08. The fourth-order valence-electron chi connectivity index (χ4n) is 2.18. The van der Waals surface area contributed by atoms with Gasteiger partial charge < -0.3 is 10.3 Å². The highest BCUT2D eigenvalue weighted by Crippen LogP contribution is 2.34. The third-order valence-electron chi connectivity index (χ3n) is 3.37. The van der Waals surface area contributed by atoms with Crippen LogP contribution in [0.25, 0.3) is 0 Å². The number of aromatic nitrogens is 2. The van der Waals surface area contributed by atoms with Crippen LogP contribution in [-0.2, 0) is 5.54 Å². The summed E-state index contributed by atoms with van der Waals surface area (Å²) in [7, 11) is 0. The van der Waals surface area contributed by atoms with E-state index < -0.39 is 5.54 Å². The van der Waals surface area contributed by atoms with Gasteiger partial charge in [0, 0.05) is 5.92 Å². The number of rotatable bonds is 2. The quantitative estimate of drug-likeness (QED) is 0.836. The summed E-state index contributed by atoms with van der Waals surface area (Å²) in [4.78, 5) is 4.43. The molecule has 0 spiro atoms. The third kappa shape index (κ3) is 2.43. The van der Waals surface area contributed by atoms with Crippen LogP contribution in [0, 0.1) is 5.92 Å². The van der Waals surface area contributed by atoms with Crippen molar-refractivity contribution >= 4 is 0 Å². The Kier molecular flexibility index (Phi) is 3.02. The van der Waals surface area contributed by atoms with E-state index >= 15 is 0 Å². The molecule has 4 nitrogen and oxygen atoms in total. The molecule has 1 heterocycles. The van der Waals surface area contributed by atoms with Crippen molar-refractivity contribution in [2.24, 2.45) is 11.7 Å². The summed E-state index contributed by atoms with van der Waals surface area (Å²) in [6.07, 6.45) is 4.87. The van der Waals surface area contributed by atoms with E-state index in [2.05, 4.69) is 17.1 Å². The highest BCUT2D eigenvalue weighted by Gasteiger charge is 2.27. The zero-order valence-corrected chi connectivity index (χ0v) is 10.4. The molecule has 1 fully saturated rings. The van der Waals surface area contributed by atoms with Gasteiger partial charge in [0.1, 0.15) is 0 Å². The minimum atomic E-state index is -0.535. The molecule has 0 aromatic carbocycles. The van der Waals surface area contributed by atoms with Crippen molar-refractivity contribution in [2.75, 3.05) is 0 Å². The lowest BCUT2D eigenvalue weighted by Gasteiger charge is -2.23. The van der Waals surface area contributed by atoms with E-state index in [4.69, 9.17) is 10.3 Å². The fraction of sp³-hybridized carbons (Fsp3) is 0.833. The van der Waals surface area contributed by atoms with E-state index in [0.29, 0.717) is 11.8 Å². The molecule has 0 saturated heterocycles. The smallest absolute Gasteiger partial charge is 0.246 e. The van der Waals surface area contributed by atoms with Gasteiger partial charge in [0.25, 0.3) is 0 Å². The normalized spacial score (nSPS) is 27.0. The minimum absolute atomic E-state index is 0.469. The fourth-order valence-corrected chi connectivity index (χ4v) is 2.18. The van der Waals surface area contributed by atoms with Crippen LogP contribution in [0.15, 0.2) is 4.52 Å². The van der Waals surface area contributed by atoms with Gasteiger partial charge in [-0.2, -0.15) is 4.98 Å². The lowest BCUT2D eigenvalue weighted by Crippen LogP contribution is -2.29. The van der Waals surface area contributed by atoms with E-state index in [1.165, 1.54) is 25.7 Å². The monoisotopic (exact) mass is 223 g/mol. The maximum Gasteiger partial charge on any atom is 0.246 e. The molecule has 0 aliphatic heterocycles. The lowest BCUT2D eigenvalue weighted by atomic mass is 9.83. The second kappa shape index (κ2) is 4.17. The van der Waals surface area contributed by atoms with Crippen molar-refractivity contribution in [3.05, 3.63) is 11.7 Å². The van der Waals surface area contributed by atoms with E-state index in [-0.39, 0.29) is 0 Å². The summed E-state index contributed by atoms with van der Waals surface area (Å²) in [5, 5.41) is 4.07. The van der Waals surface area contributed by atoms with Gasteiger partial charge in [0.2, 0.25) is 5.89 Å². The summed E-state index contributed by atoms with van der Waals surface area (Å²) in [6.45, 7) is 6.07. The topological polar surface area (TPSA) is 64.9 Å². The first kappa shape index (κ1) is 11.6. The molecule has 0 atom stereocenters. The highest BCUT2D eigenvalue weighted by atomic mass is 16.5. The van der Waals surface area contributed by atoms with Gasteiger partial charge in [-0.3, -0.25) is 0 Å². The first-order valence-electron chi connectivity index (χ1n) is 6.10. The predicted molar refractivity (Wildman–Crippen MR) is 61.9 cm³/mol. The summed E-state index contributed by atoms with van der Waals surface area (Å²) in [6, 6.07) is 0. The molecule has 16 heavy (non-hydrogen) atoms. The molecular weight excluding hydrogens is 202 g/mol. The molecule has 1 saturated carbocycles. The Morgan fingerprint density at radius 2 is 1.88 bits per heavy atom. The van der Waals surface area contributed by atoms with Gasteiger partial charge in [-0.25, -0.2) is 0 Å². The Morgan fingerprint density at radius 1 is 1.25 bits per heavy atom. The van der Waals surface area contributed by atoms with Crippen molar-refractivity contribution < 1.29 is 4.52 Å². The van der Waals surface area contributed by atoms with Crippen LogP contribution in [0.2, 0.25) is 0 Å². The maximum absolute atomic E-state index is 5.93. The number of hydrogen-bond donors (Lipinski definition) is 1. The minimum Gasteiger partial charge on any atom is -0.337 e. The average Bonchev–Trinajstić information content (AvgIpc) is 2.67. The first-order chi connectivity index (χ1) is 7.47. The largest absolute Gasteiger partial charge is 0.337 e. The Bertz CT molecular complexity index is 345. The molecule has 4 heteroatoms. The first-order valence-corrected chi connectivity index (χ1v) is 6.10. The standard InChI is InChI=1S/C12H21N3O/c1-8-4-6-9(7-5-8)10-14-11(16-15-10)12(2,3)13/h8-9H,4-7,13H2,1-3H3. The van der Waals surface area contributed by atoms with Crippen LogP contribution in [-0.4, -0.2) is 10.1 Å². The van der Waals surface area contributed by atoms with Crippen LogP contribution >= 0.6 is 0 Å². The molecule has 2 N–H and O–H groups in total. The van der Waals surface area contributed by atoms with Crippen molar-refractivity contribution in [1.29, 1.82) is 0 Å². The number of nitrogens with two attached hydrogens (primary N) is 1. The molecule has 1 aliphatic carbocycles. The van der Waals surface area contributed by atoms with Crippen LogP contribution < -0.4 is 5.73 Å². The molecule has 0 bridgehead atoms. The van der Waals surface area contributed by atoms with Gasteiger partial charge in [0.15, 0.2) is 5.82 Å². The molecule has 0 amide bonds. The van der Waals surface area contributed by atoms with Gasteiger partial charge in [-0.1, -0.05) is 24.9 Å². The number of hydrogen-bond acceptors (Lipinski definition) is 4. The van der Waals surface area contributed by atoms with Gasteiger partial charge >= 0.3 is 0 Å². The summed E-state index contributed by atoms with van der Waals surface area (Å²) in [5.41, 5.74) is 5.39. The second-order valence-electron chi connectivity index (χ2n) is 5.64. The van der Waals surface area contributed by atoms with Crippen molar-refractivity contribution in [1.82, 2.24) is 10.1 Å². The number of nitrogens with zero attached hydrogens (tertiary/aromatic N) is 2. The van der Waals surface area contributed by atoms with Crippen LogP contribution in [0.4, 0.5) is 0 Å². The Morgan fingerprint density at radius 3 is 2.38 bits per heavy atom.